The van der Waals surface area contributed by atoms with Gasteiger partial charge in [-0.25, -0.2) is 15.0 Å². The normalized spacial score (nSPS) is 11.7. The van der Waals surface area contributed by atoms with Crippen molar-refractivity contribution < 1.29 is 17.9 Å². The second-order valence-electron chi connectivity index (χ2n) is 8.21. The van der Waals surface area contributed by atoms with E-state index in [0.29, 0.717) is 11.6 Å². The molecule has 0 aliphatic heterocycles. The molecule has 0 amide bonds. The number of hydrogen-bond acceptors (Lipinski definition) is 6. The Hall–Kier alpha value is -3.92. The third-order valence-electron chi connectivity index (χ3n) is 5.54. The molecule has 36 heavy (non-hydrogen) atoms. The van der Waals surface area contributed by atoms with E-state index in [2.05, 4.69) is 38.0 Å². The molecule has 6 nitrogen and oxygen atoms in total. The first-order chi connectivity index (χ1) is 17.3. The molecule has 0 atom stereocenters. The highest BCUT2D eigenvalue weighted by molar-refractivity contribution is 7.18. The lowest BCUT2D eigenvalue weighted by atomic mass is 10.0. The van der Waals surface area contributed by atoms with Gasteiger partial charge in [-0.1, -0.05) is 36.4 Å². The number of anilines is 1. The summed E-state index contributed by atoms with van der Waals surface area (Å²) < 4.78 is 41.0. The van der Waals surface area contributed by atoms with Crippen molar-refractivity contribution in [3.63, 3.8) is 0 Å². The summed E-state index contributed by atoms with van der Waals surface area (Å²) in [5.41, 5.74) is 2.93. The van der Waals surface area contributed by atoms with E-state index < -0.39 is 6.36 Å². The van der Waals surface area contributed by atoms with E-state index in [0.717, 1.165) is 46.5 Å². The Morgan fingerprint density at radius 1 is 1.00 bits per heavy atom. The van der Waals surface area contributed by atoms with Crippen molar-refractivity contribution in [2.24, 2.45) is 0 Å². The minimum absolute atomic E-state index is 0.231. The zero-order valence-corrected chi connectivity index (χ0v) is 20.1. The molecule has 5 rings (SSSR count). The molecule has 2 N–H and O–H groups in total. The maximum Gasteiger partial charge on any atom is 0.573 e. The van der Waals surface area contributed by atoms with Crippen LogP contribution in [0.15, 0.2) is 67.0 Å². The average molecular weight is 510 g/mol. The Morgan fingerprint density at radius 3 is 2.39 bits per heavy atom. The first kappa shape index (κ1) is 23.8. The minimum atomic E-state index is -4.69. The van der Waals surface area contributed by atoms with E-state index in [1.165, 1.54) is 22.6 Å². The minimum Gasteiger partial charge on any atom is -0.406 e. The Bertz CT molecular complexity index is 1450. The summed E-state index contributed by atoms with van der Waals surface area (Å²) in [5.74, 6) is 1.76. The van der Waals surface area contributed by atoms with E-state index in [4.69, 9.17) is 4.98 Å². The number of fused-ring (bicyclic) bond motifs is 1. The molecule has 0 aliphatic carbocycles. The number of thiophene rings is 1. The molecule has 2 aromatic carbocycles. The summed E-state index contributed by atoms with van der Waals surface area (Å²) in [6.45, 7) is 2.79. The summed E-state index contributed by atoms with van der Waals surface area (Å²) in [5, 5.41) is 4.46. The number of imidazole rings is 1. The number of halogens is 3. The molecule has 3 aromatic heterocycles. The van der Waals surface area contributed by atoms with E-state index in [9.17, 15) is 13.2 Å². The number of aryl methyl sites for hydroxylation is 2. The van der Waals surface area contributed by atoms with Gasteiger partial charge in [0.2, 0.25) is 0 Å². The number of benzene rings is 2. The van der Waals surface area contributed by atoms with E-state index in [-0.39, 0.29) is 5.75 Å². The highest BCUT2D eigenvalue weighted by Crippen LogP contribution is 2.30. The second kappa shape index (κ2) is 9.98. The fourth-order valence-corrected chi connectivity index (χ4v) is 4.76. The number of hydrogen-bond donors (Lipinski definition) is 2. The number of aromatic amines is 1. The topological polar surface area (TPSA) is 75.7 Å². The number of ether oxygens (including phenoxy) is 1. The van der Waals surface area contributed by atoms with Crippen LogP contribution < -0.4 is 10.1 Å². The molecular weight excluding hydrogens is 487 g/mol. The maximum atomic E-state index is 12.3. The fraction of sp³-hybridized carbons (Fsp3) is 0.192. The Morgan fingerprint density at radius 2 is 1.72 bits per heavy atom. The van der Waals surface area contributed by atoms with E-state index in [1.807, 2.05) is 24.3 Å². The molecule has 5 aromatic rings. The average Bonchev–Trinajstić information content (AvgIpc) is 3.51. The van der Waals surface area contributed by atoms with Crippen LogP contribution in [0, 0.1) is 6.92 Å². The summed E-state index contributed by atoms with van der Waals surface area (Å²) in [6.07, 6.45) is 0.500. The van der Waals surface area contributed by atoms with Crippen LogP contribution >= 0.6 is 11.3 Å². The summed E-state index contributed by atoms with van der Waals surface area (Å²) >= 11 is 1.63. The molecule has 0 unspecified atom stereocenters. The van der Waals surface area contributed by atoms with Gasteiger partial charge < -0.3 is 15.0 Å². The highest BCUT2D eigenvalue weighted by Gasteiger charge is 2.30. The number of nitrogens with zero attached hydrogens (tertiary/aromatic N) is 3. The third-order valence-corrected chi connectivity index (χ3v) is 6.48. The van der Waals surface area contributed by atoms with Gasteiger partial charge in [-0.15, -0.1) is 24.5 Å². The summed E-state index contributed by atoms with van der Waals surface area (Å²) in [7, 11) is 0. The van der Waals surface area contributed by atoms with Gasteiger partial charge in [0.05, 0.1) is 5.39 Å². The number of alkyl halides is 3. The molecule has 3 heterocycles. The van der Waals surface area contributed by atoms with Crippen molar-refractivity contribution in [3.8, 4) is 28.5 Å². The number of aromatic nitrogens is 4. The standard InChI is InChI=1S/C26H22F3N5OS/c1-16-15-21-22(33-24(34-25(21)36-16)23-31-13-14-32-23)30-12-2-3-17-4-6-18(7-5-17)19-8-10-20(11-9-19)35-26(27,28)29/h4-11,13-15H,2-3,12H2,1H3,(H,31,32)(H,30,33,34). The molecule has 10 heteroatoms. The van der Waals surface area contributed by atoms with Crippen LogP contribution in [0.5, 0.6) is 5.75 Å². The second-order valence-corrected chi connectivity index (χ2v) is 9.44. The fourth-order valence-electron chi connectivity index (χ4n) is 3.88. The van der Waals surface area contributed by atoms with Gasteiger partial charge in [0.25, 0.3) is 0 Å². The van der Waals surface area contributed by atoms with Crippen LogP contribution in [0.1, 0.15) is 16.9 Å². The lowest BCUT2D eigenvalue weighted by Crippen LogP contribution is -2.16. The molecule has 0 bridgehead atoms. The molecule has 184 valence electrons. The van der Waals surface area contributed by atoms with Crippen molar-refractivity contribution in [3.05, 3.63) is 77.4 Å². The molecule has 0 radical (unpaired) electrons. The quantitative estimate of drug-likeness (QED) is 0.220. The molecule has 0 fully saturated rings. The predicted octanol–water partition coefficient (Wildman–Crippen LogP) is 7.00. The Kier molecular flexibility index (Phi) is 6.60. The largest absolute Gasteiger partial charge is 0.573 e. The first-order valence-electron chi connectivity index (χ1n) is 11.3. The van der Waals surface area contributed by atoms with Crippen LogP contribution in [-0.2, 0) is 6.42 Å². The van der Waals surface area contributed by atoms with Gasteiger partial charge in [0.1, 0.15) is 16.4 Å². The Labute approximate surface area is 209 Å². The zero-order chi connectivity index (χ0) is 25.1. The van der Waals surface area contributed by atoms with Gasteiger partial charge in [0.15, 0.2) is 11.6 Å². The smallest absolute Gasteiger partial charge is 0.406 e. The van der Waals surface area contributed by atoms with Crippen molar-refractivity contribution in [1.82, 2.24) is 19.9 Å². The first-order valence-corrected chi connectivity index (χ1v) is 12.1. The van der Waals surface area contributed by atoms with Gasteiger partial charge in [-0.05, 0) is 54.7 Å². The predicted molar refractivity (Wildman–Crippen MR) is 135 cm³/mol. The van der Waals surface area contributed by atoms with Crippen molar-refractivity contribution >= 4 is 27.4 Å². The lowest BCUT2D eigenvalue weighted by Gasteiger charge is -2.10. The van der Waals surface area contributed by atoms with Crippen LogP contribution in [0.3, 0.4) is 0 Å². The third kappa shape index (κ3) is 5.65. The van der Waals surface area contributed by atoms with Gasteiger partial charge in [0, 0.05) is 23.8 Å². The summed E-state index contributed by atoms with van der Waals surface area (Å²) in [4.78, 5) is 18.8. The van der Waals surface area contributed by atoms with Crippen LogP contribution in [-0.4, -0.2) is 32.8 Å². The van der Waals surface area contributed by atoms with Gasteiger partial charge >= 0.3 is 6.36 Å². The number of H-pyrrole nitrogens is 1. The molecule has 0 saturated carbocycles. The molecule has 0 spiro atoms. The number of nitrogens with one attached hydrogen (secondary N) is 2. The maximum absolute atomic E-state index is 12.3. The zero-order valence-electron chi connectivity index (χ0n) is 19.3. The van der Waals surface area contributed by atoms with Crippen molar-refractivity contribution in [2.75, 3.05) is 11.9 Å². The number of rotatable bonds is 8. The lowest BCUT2D eigenvalue weighted by molar-refractivity contribution is -0.274. The molecule has 0 saturated heterocycles. The Balaban J connectivity index is 1.20. The monoisotopic (exact) mass is 509 g/mol. The molecule has 0 aliphatic rings. The van der Waals surface area contributed by atoms with Crippen LogP contribution in [0.2, 0.25) is 0 Å². The molecular formula is C26H22F3N5OS. The van der Waals surface area contributed by atoms with E-state index >= 15 is 0 Å². The van der Waals surface area contributed by atoms with Crippen LogP contribution in [0.4, 0.5) is 19.0 Å². The highest BCUT2D eigenvalue weighted by atomic mass is 32.1. The van der Waals surface area contributed by atoms with Crippen LogP contribution in [0.25, 0.3) is 33.0 Å². The van der Waals surface area contributed by atoms with Crippen molar-refractivity contribution in [2.45, 2.75) is 26.1 Å². The van der Waals surface area contributed by atoms with Crippen molar-refractivity contribution in [1.29, 1.82) is 0 Å². The summed E-state index contributed by atoms with van der Waals surface area (Å²) in [6, 6.07) is 16.0. The van der Waals surface area contributed by atoms with Gasteiger partial charge in [-0.2, -0.15) is 0 Å². The van der Waals surface area contributed by atoms with Gasteiger partial charge in [-0.3, -0.25) is 0 Å². The van der Waals surface area contributed by atoms with E-state index in [1.54, 1.807) is 35.9 Å². The SMILES string of the molecule is Cc1cc2c(NCCCc3ccc(-c4ccc(OC(F)(F)F)cc4)cc3)nc(-c3ncc[nH]3)nc2s1.